The van der Waals surface area contributed by atoms with Gasteiger partial charge in [-0.05, 0) is 48.9 Å². The number of carbonyl (C=O) groups is 2. The number of aryl methyl sites for hydroxylation is 1. The number of ketones is 1. The summed E-state index contributed by atoms with van der Waals surface area (Å²) >= 11 is 0. The zero-order valence-electron chi connectivity index (χ0n) is 11.6. The number of aromatic hydroxyl groups is 1. The standard InChI is InChI=1S/C16H14O5/c1-10-3-8-13(14(17)9-10)15(18)11-4-6-12(7-5-11)21-16(19)20-2/h3-9,17H,1-2H3. The van der Waals surface area contributed by atoms with Crippen molar-refractivity contribution in [3.05, 3.63) is 59.2 Å². The number of methoxy groups -OCH3 is 1. The first-order valence-electron chi connectivity index (χ1n) is 6.21. The predicted molar refractivity (Wildman–Crippen MR) is 75.8 cm³/mol. The van der Waals surface area contributed by atoms with Crippen LogP contribution >= 0.6 is 0 Å². The van der Waals surface area contributed by atoms with Gasteiger partial charge in [-0.1, -0.05) is 6.07 Å². The molecule has 0 heterocycles. The van der Waals surface area contributed by atoms with E-state index in [1.54, 1.807) is 12.1 Å². The van der Waals surface area contributed by atoms with Crippen LogP contribution in [-0.2, 0) is 4.74 Å². The van der Waals surface area contributed by atoms with Crippen molar-refractivity contribution in [3.8, 4) is 11.5 Å². The first-order chi connectivity index (χ1) is 10.0. The first-order valence-corrected chi connectivity index (χ1v) is 6.21. The lowest BCUT2D eigenvalue weighted by Crippen LogP contribution is -2.07. The minimum atomic E-state index is -0.828. The predicted octanol–water partition coefficient (Wildman–Crippen LogP) is 3.08. The van der Waals surface area contributed by atoms with E-state index in [9.17, 15) is 14.7 Å². The highest BCUT2D eigenvalue weighted by Crippen LogP contribution is 2.23. The molecule has 2 rings (SSSR count). The molecule has 0 fully saturated rings. The molecule has 0 atom stereocenters. The Labute approximate surface area is 121 Å². The van der Waals surface area contributed by atoms with Gasteiger partial charge in [0.2, 0.25) is 0 Å². The van der Waals surface area contributed by atoms with Crippen LogP contribution < -0.4 is 4.74 Å². The van der Waals surface area contributed by atoms with Crippen molar-refractivity contribution >= 4 is 11.9 Å². The third kappa shape index (κ3) is 3.39. The normalized spacial score (nSPS) is 10.0. The smallest absolute Gasteiger partial charge is 0.507 e. The zero-order chi connectivity index (χ0) is 15.4. The topological polar surface area (TPSA) is 72.8 Å². The molecule has 5 heteroatoms. The lowest BCUT2D eigenvalue weighted by atomic mass is 10.0. The SMILES string of the molecule is COC(=O)Oc1ccc(C(=O)c2ccc(C)cc2O)cc1. The van der Waals surface area contributed by atoms with Crippen LogP contribution in [0.25, 0.3) is 0 Å². The molecule has 0 aliphatic heterocycles. The van der Waals surface area contributed by atoms with E-state index in [-0.39, 0.29) is 22.8 Å². The van der Waals surface area contributed by atoms with E-state index < -0.39 is 6.16 Å². The number of hydrogen-bond acceptors (Lipinski definition) is 5. The summed E-state index contributed by atoms with van der Waals surface area (Å²) in [4.78, 5) is 23.2. The van der Waals surface area contributed by atoms with Gasteiger partial charge in [-0.3, -0.25) is 4.79 Å². The number of hydrogen-bond donors (Lipinski definition) is 1. The van der Waals surface area contributed by atoms with E-state index in [0.29, 0.717) is 5.56 Å². The van der Waals surface area contributed by atoms with Gasteiger partial charge in [0.25, 0.3) is 0 Å². The average Bonchev–Trinajstić information content (AvgIpc) is 2.47. The second-order valence-electron chi connectivity index (χ2n) is 4.43. The number of benzene rings is 2. The molecule has 5 nitrogen and oxygen atoms in total. The summed E-state index contributed by atoms with van der Waals surface area (Å²) in [7, 11) is 1.21. The van der Waals surface area contributed by atoms with Gasteiger partial charge in [0.1, 0.15) is 11.5 Å². The highest BCUT2D eigenvalue weighted by Gasteiger charge is 2.14. The number of ether oxygens (including phenoxy) is 2. The summed E-state index contributed by atoms with van der Waals surface area (Å²) in [5.74, 6) is -0.0986. The monoisotopic (exact) mass is 286 g/mol. The van der Waals surface area contributed by atoms with Gasteiger partial charge < -0.3 is 14.6 Å². The molecule has 108 valence electrons. The number of phenols is 1. The van der Waals surface area contributed by atoms with Crippen LogP contribution in [0.2, 0.25) is 0 Å². The van der Waals surface area contributed by atoms with Crippen molar-refractivity contribution in [1.29, 1.82) is 0 Å². The second-order valence-corrected chi connectivity index (χ2v) is 4.43. The Morgan fingerprint density at radius 1 is 1.05 bits per heavy atom. The molecule has 1 N–H and O–H groups in total. The van der Waals surface area contributed by atoms with Crippen LogP contribution in [0.4, 0.5) is 4.79 Å². The Bertz CT molecular complexity index is 674. The van der Waals surface area contributed by atoms with Gasteiger partial charge in [-0.15, -0.1) is 0 Å². The molecule has 0 radical (unpaired) electrons. The number of rotatable bonds is 3. The molecule has 21 heavy (non-hydrogen) atoms. The van der Waals surface area contributed by atoms with E-state index >= 15 is 0 Å². The van der Waals surface area contributed by atoms with Crippen LogP contribution in [0, 0.1) is 6.92 Å². The van der Waals surface area contributed by atoms with Crippen LogP contribution in [-0.4, -0.2) is 24.2 Å². The van der Waals surface area contributed by atoms with Crippen LogP contribution in [0.1, 0.15) is 21.5 Å². The Kier molecular flexibility index (Phi) is 4.23. The molecule has 0 aliphatic rings. The van der Waals surface area contributed by atoms with Gasteiger partial charge in [0.05, 0.1) is 12.7 Å². The molecule has 2 aromatic rings. The molecular formula is C16H14O5. The van der Waals surface area contributed by atoms with E-state index in [1.807, 2.05) is 6.92 Å². The molecular weight excluding hydrogens is 272 g/mol. The fourth-order valence-electron chi connectivity index (χ4n) is 1.80. The summed E-state index contributed by atoms with van der Waals surface area (Å²) in [6.45, 7) is 1.83. The van der Waals surface area contributed by atoms with Crippen LogP contribution in [0.5, 0.6) is 11.5 Å². The van der Waals surface area contributed by atoms with Gasteiger partial charge in [-0.25, -0.2) is 4.79 Å². The molecule has 0 spiro atoms. The van der Waals surface area contributed by atoms with Crippen molar-refractivity contribution in [2.75, 3.05) is 7.11 Å². The quantitative estimate of drug-likeness (QED) is 0.533. The molecule has 0 aliphatic carbocycles. The summed E-state index contributed by atoms with van der Waals surface area (Å²) in [6.07, 6.45) is -0.828. The Morgan fingerprint density at radius 2 is 1.71 bits per heavy atom. The fraction of sp³-hybridized carbons (Fsp3) is 0.125. The van der Waals surface area contributed by atoms with Gasteiger partial charge >= 0.3 is 6.16 Å². The van der Waals surface area contributed by atoms with E-state index in [2.05, 4.69) is 4.74 Å². The first kappa shape index (κ1) is 14.6. The average molecular weight is 286 g/mol. The molecule has 2 aromatic carbocycles. The van der Waals surface area contributed by atoms with Gasteiger partial charge in [-0.2, -0.15) is 0 Å². The Morgan fingerprint density at radius 3 is 2.29 bits per heavy atom. The highest BCUT2D eigenvalue weighted by atomic mass is 16.7. The van der Waals surface area contributed by atoms with Crippen molar-refractivity contribution in [1.82, 2.24) is 0 Å². The summed E-state index contributed by atoms with van der Waals surface area (Å²) in [5.41, 5.74) is 1.47. The summed E-state index contributed by atoms with van der Waals surface area (Å²) in [6, 6.07) is 10.8. The Hall–Kier alpha value is -2.82. The van der Waals surface area contributed by atoms with Crippen molar-refractivity contribution in [2.24, 2.45) is 0 Å². The summed E-state index contributed by atoms with van der Waals surface area (Å²) < 4.78 is 9.19. The van der Waals surface area contributed by atoms with E-state index in [1.165, 1.54) is 37.4 Å². The van der Waals surface area contributed by atoms with Crippen molar-refractivity contribution in [3.63, 3.8) is 0 Å². The number of phenolic OH excluding ortho intramolecular Hbond substituents is 1. The molecule has 0 aromatic heterocycles. The summed E-state index contributed by atoms with van der Waals surface area (Å²) in [5, 5.41) is 9.82. The largest absolute Gasteiger partial charge is 0.513 e. The Balaban J connectivity index is 2.22. The maximum Gasteiger partial charge on any atom is 0.513 e. The molecule has 0 amide bonds. The minimum absolute atomic E-state index is 0.0603. The molecule has 0 bridgehead atoms. The lowest BCUT2D eigenvalue weighted by Gasteiger charge is -2.06. The third-order valence-corrected chi connectivity index (χ3v) is 2.88. The molecule has 0 saturated heterocycles. The maximum atomic E-state index is 12.3. The van der Waals surface area contributed by atoms with E-state index in [0.717, 1.165) is 5.56 Å². The highest BCUT2D eigenvalue weighted by molar-refractivity contribution is 6.10. The zero-order valence-corrected chi connectivity index (χ0v) is 11.6. The maximum absolute atomic E-state index is 12.3. The third-order valence-electron chi connectivity index (χ3n) is 2.88. The van der Waals surface area contributed by atoms with Crippen molar-refractivity contribution in [2.45, 2.75) is 6.92 Å². The van der Waals surface area contributed by atoms with Crippen LogP contribution in [0.15, 0.2) is 42.5 Å². The van der Waals surface area contributed by atoms with Gasteiger partial charge in [0, 0.05) is 5.56 Å². The van der Waals surface area contributed by atoms with E-state index in [4.69, 9.17) is 4.74 Å². The molecule has 0 saturated carbocycles. The van der Waals surface area contributed by atoms with Crippen LogP contribution in [0.3, 0.4) is 0 Å². The minimum Gasteiger partial charge on any atom is -0.507 e. The molecule has 0 unspecified atom stereocenters. The number of carbonyl (C=O) groups excluding carboxylic acids is 2. The van der Waals surface area contributed by atoms with Gasteiger partial charge in [0.15, 0.2) is 5.78 Å². The fourth-order valence-corrected chi connectivity index (χ4v) is 1.80. The second kappa shape index (κ2) is 6.09. The van der Waals surface area contributed by atoms with Crippen molar-refractivity contribution < 1.29 is 24.2 Å². The lowest BCUT2D eigenvalue weighted by molar-refractivity contribution is 0.103.